The van der Waals surface area contributed by atoms with Crippen molar-refractivity contribution in [3.8, 4) is 0 Å². The highest BCUT2D eigenvalue weighted by Gasteiger charge is 2.15. The van der Waals surface area contributed by atoms with Gasteiger partial charge in [0.1, 0.15) is 0 Å². The van der Waals surface area contributed by atoms with Crippen molar-refractivity contribution in [3.05, 3.63) is 23.8 Å². The fourth-order valence-electron chi connectivity index (χ4n) is 2.29. The smallest absolute Gasteiger partial charge is 0.251 e. The van der Waals surface area contributed by atoms with Crippen LogP contribution >= 0.6 is 11.3 Å². The van der Waals surface area contributed by atoms with Crippen LogP contribution in [0.3, 0.4) is 0 Å². The van der Waals surface area contributed by atoms with Crippen molar-refractivity contribution in [2.45, 2.75) is 33.2 Å². The minimum atomic E-state index is -0.255. The van der Waals surface area contributed by atoms with Crippen LogP contribution in [0.4, 0.5) is 5.13 Å². The molecular weight excluding hydrogens is 314 g/mol. The molecule has 2 rings (SSSR count). The van der Waals surface area contributed by atoms with Crippen LogP contribution in [0.2, 0.25) is 0 Å². The molecule has 124 valence electrons. The summed E-state index contributed by atoms with van der Waals surface area (Å²) in [5.41, 5.74) is 1.24. The standard InChI is InChI=1S/C16H21N3O3S/c1-9(2)6-12(8-20)18-15(22)11-4-5-13-14(7-11)23-16(19-13)17-10(3)21/h4-5,7,9,12,20H,6,8H2,1-3H3,(H,18,22)(H,17,19,21)/t12-/m0/s1. The second-order valence-electron chi connectivity index (χ2n) is 5.87. The topological polar surface area (TPSA) is 91.3 Å². The lowest BCUT2D eigenvalue weighted by Gasteiger charge is -2.18. The first-order chi connectivity index (χ1) is 10.9. The van der Waals surface area contributed by atoms with Gasteiger partial charge in [-0.15, -0.1) is 0 Å². The molecule has 6 nitrogen and oxygen atoms in total. The van der Waals surface area contributed by atoms with E-state index in [9.17, 15) is 14.7 Å². The summed E-state index contributed by atoms with van der Waals surface area (Å²) in [6.07, 6.45) is 0.720. The number of fused-ring (bicyclic) bond motifs is 1. The van der Waals surface area contributed by atoms with Gasteiger partial charge in [-0.25, -0.2) is 4.98 Å². The van der Waals surface area contributed by atoms with Gasteiger partial charge in [-0.1, -0.05) is 25.2 Å². The largest absolute Gasteiger partial charge is 0.394 e. The number of nitrogens with zero attached hydrogens (tertiary/aromatic N) is 1. The molecule has 1 heterocycles. The number of benzene rings is 1. The van der Waals surface area contributed by atoms with Crippen molar-refractivity contribution in [3.63, 3.8) is 0 Å². The van der Waals surface area contributed by atoms with Crippen molar-refractivity contribution < 1.29 is 14.7 Å². The van der Waals surface area contributed by atoms with E-state index in [-0.39, 0.29) is 24.5 Å². The lowest BCUT2D eigenvalue weighted by Crippen LogP contribution is -2.38. The summed E-state index contributed by atoms with van der Waals surface area (Å²) >= 11 is 1.32. The molecule has 0 fully saturated rings. The first-order valence-electron chi connectivity index (χ1n) is 7.49. The van der Waals surface area contributed by atoms with Gasteiger partial charge in [0.05, 0.1) is 22.9 Å². The van der Waals surface area contributed by atoms with Crippen molar-refractivity contribution in [1.29, 1.82) is 0 Å². The van der Waals surface area contributed by atoms with E-state index in [0.29, 0.717) is 16.6 Å². The third kappa shape index (κ3) is 4.74. The Morgan fingerprint density at radius 1 is 1.35 bits per heavy atom. The molecule has 0 spiro atoms. The second kappa shape index (κ2) is 7.52. The Labute approximate surface area is 138 Å². The Bertz CT molecular complexity index is 712. The highest BCUT2D eigenvalue weighted by Crippen LogP contribution is 2.26. The Morgan fingerprint density at radius 2 is 2.09 bits per heavy atom. The molecule has 0 aliphatic rings. The zero-order valence-corrected chi connectivity index (χ0v) is 14.2. The molecule has 1 atom stereocenters. The van der Waals surface area contributed by atoms with Crippen LogP contribution in [0.25, 0.3) is 10.2 Å². The average molecular weight is 335 g/mol. The van der Waals surface area contributed by atoms with Crippen molar-refractivity contribution in [2.24, 2.45) is 5.92 Å². The SMILES string of the molecule is CC(=O)Nc1nc2ccc(C(=O)N[C@H](CO)CC(C)C)cc2s1. The molecule has 0 saturated heterocycles. The van der Waals surface area contributed by atoms with Gasteiger partial charge in [-0.3, -0.25) is 9.59 Å². The number of amides is 2. The summed E-state index contributed by atoms with van der Waals surface area (Å²) in [7, 11) is 0. The number of aliphatic hydroxyl groups excluding tert-OH is 1. The number of carbonyl (C=O) groups is 2. The summed E-state index contributed by atoms with van der Waals surface area (Å²) in [4.78, 5) is 27.7. The lowest BCUT2D eigenvalue weighted by atomic mass is 10.0. The fourth-order valence-corrected chi connectivity index (χ4v) is 3.24. The van der Waals surface area contributed by atoms with Gasteiger partial charge < -0.3 is 15.7 Å². The number of rotatable bonds is 6. The summed E-state index contributed by atoms with van der Waals surface area (Å²) in [6.45, 7) is 5.43. The van der Waals surface area contributed by atoms with E-state index in [2.05, 4.69) is 15.6 Å². The van der Waals surface area contributed by atoms with Crippen molar-refractivity contribution in [2.75, 3.05) is 11.9 Å². The van der Waals surface area contributed by atoms with Gasteiger partial charge >= 0.3 is 0 Å². The van der Waals surface area contributed by atoms with Gasteiger partial charge in [0, 0.05) is 12.5 Å². The maximum absolute atomic E-state index is 12.3. The van der Waals surface area contributed by atoms with Crippen LogP contribution in [-0.2, 0) is 4.79 Å². The molecule has 0 aliphatic heterocycles. The van der Waals surface area contributed by atoms with E-state index in [4.69, 9.17) is 0 Å². The maximum Gasteiger partial charge on any atom is 0.251 e. The highest BCUT2D eigenvalue weighted by atomic mass is 32.1. The Hall–Kier alpha value is -1.99. The van der Waals surface area contributed by atoms with E-state index in [0.717, 1.165) is 16.6 Å². The molecule has 23 heavy (non-hydrogen) atoms. The van der Waals surface area contributed by atoms with Crippen LogP contribution in [0.5, 0.6) is 0 Å². The summed E-state index contributed by atoms with van der Waals surface area (Å²) in [6, 6.07) is 4.94. The first-order valence-corrected chi connectivity index (χ1v) is 8.30. The molecule has 0 radical (unpaired) electrons. The normalized spacial score (nSPS) is 12.4. The Kier molecular flexibility index (Phi) is 5.68. The molecule has 2 aromatic rings. The number of hydrogen-bond acceptors (Lipinski definition) is 5. The zero-order chi connectivity index (χ0) is 17.0. The summed E-state index contributed by atoms with van der Waals surface area (Å²) < 4.78 is 0.825. The number of carbonyl (C=O) groups excluding carboxylic acids is 2. The number of aliphatic hydroxyl groups is 1. The van der Waals surface area contributed by atoms with Gasteiger partial charge in [0.2, 0.25) is 5.91 Å². The second-order valence-corrected chi connectivity index (χ2v) is 6.90. The van der Waals surface area contributed by atoms with Crippen LogP contribution in [-0.4, -0.2) is 34.6 Å². The minimum Gasteiger partial charge on any atom is -0.394 e. The number of aromatic nitrogens is 1. The molecule has 2 amide bonds. The van der Waals surface area contributed by atoms with Crippen molar-refractivity contribution in [1.82, 2.24) is 10.3 Å². The van der Waals surface area contributed by atoms with E-state index < -0.39 is 0 Å². The number of hydrogen-bond donors (Lipinski definition) is 3. The van der Waals surface area contributed by atoms with E-state index >= 15 is 0 Å². The van der Waals surface area contributed by atoms with Gasteiger partial charge in [-0.05, 0) is 30.5 Å². The average Bonchev–Trinajstić information content (AvgIpc) is 2.85. The van der Waals surface area contributed by atoms with Crippen LogP contribution in [0, 0.1) is 5.92 Å². The predicted molar refractivity (Wildman–Crippen MR) is 91.7 cm³/mol. The number of thiazole rings is 1. The Balaban J connectivity index is 2.15. The van der Waals surface area contributed by atoms with Crippen LogP contribution in [0.1, 0.15) is 37.6 Å². The van der Waals surface area contributed by atoms with E-state index in [1.165, 1.54) is 18.3 Å². The fraction of sp³-hybridized carbons (Fsp3) is 0.438. The Morgan fingerprint density at radius 3 is 2.70 bits per heavy atom. The molecule has 1 aromatic carbocycles. The monoisotopic (exact) mass is 335 g/mol. The van der Waals surface area contributed by atoms with Crippen molar-refractivity contribution >= 4 is 38.5 Å². The summed E-state index contributed by atoms with van der Waals surface area (Å²) in [5.74, 6) is -0.0146. The van der Waals surface area contributed by atoms with Gasteiger partial charge in [0.25, 0.3) is 5.91 Å². The number of anilines is 1. The molecule has 0 aliphatic carbocycles. The van der Waals surface area contributed by atoms with Gasteiger partial charge in [0.15, 0.2) is 5.13 Å². The van der Waals surface area contributed by atoms with Crippen LogP contribution < -0.4 is 10.6 Å². The van der Waals surface area contributed by atoms with E-state index in [1.807, 2.05) is 13.8 Å². The molecular formula is C16H21N3O3S. The first kappa shape index (κ1) is 17.4. The maximum atomic E-state index is 12.3. The minimum absolute atomic E-state index is 0.0839. The third-order valence-electron chi connectivity index (χ3n) is 3.25. The molecule has 7 heteroatoms. The quantitative estimate of drug-likeness (QED) is 0.756. The molecule has 0 unspecified atom stereocenters. The van der Waals surface area contributed by atoms with E-state index in [1.54, 1.807) is 18.2 Å². The number of nitrogens with one attached hydrogen (secondary N) is 2. The molecule has 0 bridgehead atoms. The van der Waals surface area contributed by atoms with Gasteiger partial charge in [-0.2, -0.15) is 0 Å². The molecule has 1 aromatic heterocycles. The highest BCUT2D eigenvalue weighted by molar-refractivity contribution is 7.22. The van der Waals surface area contributed by atoms with Crippen LogP contribution in [0.15, 0.2) is 18.2 Å². The predicted octanol–water partition coefficient (Wildman–Crippen LogP) is 2.39. The molecule has 3 N–H and O–H groups in total. The lowest BCUT2D eigenvalue weighted by molar-refractivity contribution is -0.114. The zero-order valence-electron chi connectivity index (χ0n) is 13.4. The third-order valence-corrected chi connectivity index (χ3v) is 4.18. The summed E-state index contributed by atoms with van der Waals surface area (Å²) in [5, 5.41) is 15.4. The molecule has 0 saturated carbocycles.